The summed E-state index contributed by atoms with van der Waals surface area (Å²) in [6, 6.07) is 12.9. The van der Waals surface area contributed by atoms with Crippen molar-refractivity contribution in [3.05, 3.63) is 69.2 Å². The zero-order valence-corrected chi connectivity index (χ0v) is 13.2. The fraction of sp³-hybridized carbons (Fsp3) is 0.125. The van der Waals surface area contributed by atoms with E-state index in [0.717, 1.165) is 11.3 Å². The predicted octanol–water partition coefficient (Wildman–Crippen LogP) is 4.08. The van der Waals surface area contributed by atoms with Gasteiger partial charge in [0.2, 0.25) is 0 Å². The molecule has 108 valence electrons. The van der Waals surface area contributed by atoms with E-state index in [2.05, 4.69) is 4.98 Å². The highest BCUT2D eigenvalue weighted by atomic mass is 35.5. The number of para-hydroxylation sites is 1. The maximum atomic E-state index is 12.7. The Hall–Kier alpha value is -1.84. The molecule has 1 heterocycles. The van der Waals surface area contributed by atoms with Crippen LogP contribution in [0.25, 0.3) is 16.6 Å². The van der Waals surface area contributed by atoms with E-state index in [4.69, 9.17) is 11.6 Å². The Labute approximate surface area is 133 Å². The highest BCUT2D eigenvalue weighted by Crippen LogP contribution is 2.22. The third-order valence-electron chi connectivity index (χ3n) is 3.42. The maximum absolute atomic E-state index is 12.7. The van der Waals surface area contributed by atoms with E-state index >= 15 is 0 Å². The van der Waals surface area contributed by atoms with Gasteiger partial charge in [0.25, 0.3) is 5.56 Å². The molecule has 0 unspecified atom stereocenters. The van der Waals surface area contributed by atoms with Crippen LogP contribution in [0.5, 0.6) is 0 Å². The van der Waals surface area contributed by atoms with Crippen LogP contribution in [-0.4, -0.2) is 9.55 Å². The maximum Gasteiger partial charge on any atom is 0.265 e. The van der Waals surface area contributed by atoms with E-state index in [0.29, 0.717) is 21.7 Å². The largest absolute Gasteiger partial charge is 0.268 e. The lowest BCUT2D eigenvalue weighted by Gasteiger charge is -2.13. The number of rotatable bonds is 1. The number of hydrogen-bond acceptors (Lipinski definition) is 2. The fourth-order valence-electron chi connectivity index (χ4n) is 2.37. The second kappa shape index (κ2) is 5.88. The topological polar surface area (TPSA) is 34.9 Å². The summed E-state index contributed by atoms with van der Waals surface area (Å²) < 4.78 is 1.61. The van der Waals surface area contributed by atoms with Crippen LogP contribution < -0.4 is 5.56 Å². The van der Waals surface area contributed by atoms with E-state index in [9.17, 15) is 4.79 Å². The Morgan fingerprint density at radius 1 is 1.05 bits per heavy atom. The molecule has 5 heteroatoms. The summed E-state index contributed by atoms with van der Waals surface area (Å²) in [5.41, 5.74) is 2.29. The summed E-state index contributed by atoms with van der Waals surface area (Å²) in [6.07, 6.45) is 0. The molecule has 0 amide bonds. The molecular formula is C16H14Cl2N2O. The van der Waals surface area contributed by atoms with Crippen molar-refractivity contribution < 1.29 is 0 Å². The smallest absolute Gasteiger partial charge is 0.265 e. The number of benzene rings is 2. The first-order chi connectivity index (χ1) is 9.59. The second-order valence-electron chi connectivity index (χ2n) is 4.70. The summed E-state index contributed by atoms with van der Waals surface area (Å²) in [5, 5.41) is 1.25. The quantitative estimate of drug-likeness (QED) is 0.677. The molecule has 0 aliphatic rings. The SMILES string of the molecule is Cc1c(Cl)cccc1-n1c(C)nc2ccccc2c1=O.Cl. The van der Waals surface area contributed by atoms with Gasteiger partial charge < -0.3 is 0 Å². The molecule has 0 N–H and O–H groups in total. The van der Waals surface area contributed by atoms with E-state index in [1.54, 1.807) is 10.6 Å². The van der Waals surface area contributed by atoms with Gasteiger partial charge in [-0.25, -0.2) is 4.98 Å². The Morgan fingerprint density at radius 3 is 2.52 bits per heavy atom. The summed E-state index contributed by atoms with van der Waals surface area (Å²) in [5.74, 6) is 0.652. The van der Waals surface area contributed by atoms with Crippen molar-refractivity contribution in [2.75, 3.05) is 0 Å². The minimum atomic E-state index is -0.0709. The van der Waals surface area contributed by atoms with Crippen molar-refractivity contribution in [2.45, 2.75) is 13.8 Å². The highest BCUT2D eigenvalue weighted by Gasteiger charge is 2.12. The van der Waals surface area contributed by atoms with Crippen LogP contribution in [0.4, 0.5) is 0 Å². The average molecular weight is 321 g/mol. The molecule has 3 aromatic rings. The molecule has 0 atom stereocenters. The van der Waals surface area contributed by atoms with E-state index < -0.39 is 0 Å². The molecule has 1 aromatic heterocycles. The van der Waals surface area contributed by atoms with Gasteiger partial charge in [0, 0.05) is 5.02 Å². The normalized spacial score (nSPS) is 10.4. The molecule has 0 saturated carbocycles. The van der Waals surface area contributed by atoms with Crippen LogP contribution >= 0.6 is 24.0 Å². The second-order valence-corrected chi connectivity index (χ2v) is 5.11. The third-order valence-corrected chi connectivity index (χ3v) is 3.83. The summed E-state index contributed by atoms with van der Waals surface area (Å²) in [7, 11) is 0. The van der Waals surface area contributed by atoms with Gasteiger partial charge in [-0.3, -0.25) is 9.36 Å². The van der Waals surface area contributed by atoms with E-state index in [-0.39, 0.29) is 18.0 Å². The van der Waals surface area contributed by atoms with Crippen LogP contribution in [-0.2, 0) is 0 Å². The van der Waals surface area contributed by atoms with Crippen molar-refractivity contribution in [3.8, 4) is 5.69 Å². The summed E-state index contributed by atoms with van der Waals surface area (Å²) in [4.78, 5) is 17.2. The minimum Gasteiger partial charge on any atom is -0.268 e. The molecule has 0 bridgehead atoms. The first-order valence-corrected chi connectivity index (χ1v) is 6.71. The Balaban J connectivity index is 0.00000161. The zero-order valence-electron chi connectivity index (χ0n) is 11.6. The van der Waals surface area contributed by atoms with Crippen molar-refractivity contribution in [1.82, 2.24) is 9.55 Å². The number of aryl methyl sites for hydroxylation is 1. The highest BCUT2D eigenvalue weighted by molar-refractivity contribution is 6.31. The lowest BCUT2D eigenvalue weighted by Crippen LogP contribution is -2.23. The number of halogens is 2. The molecule has 21 heavy (non-hydrogen) atoms. The van der Waals surface area contributed by atoms with Crippen molar-refractivity contribution >= 4 is 34.9 Å². The van der Waals surface area contributed by atoms with Crippen molar-refractivity contribution in [3.63, 3.8) is 0 Å². The lowest BCUT2D eigenvalue weighted by atomic mass is 10.2. The molecule has 0 spiro atoms. The molecule has 3 nitrogen and oxygen atoms in total. The minimum absolute atomic E-state index is 0. The van der Waals surface area contributed by atoms with Gasteiger partial charge in [-0.1, -0.05) is 29.8 Å². The van der Waals surface area contributed by atoms with E-state index in [1.165, 1.54) is 0 Å². The summed E-state index contributed by atoms with van der Waals surface area (Å²) in [6.45, 7) is 3.73. The van der Waals surface area contributed by atoms with Gasteiger partial charge >= 0.3 is 0 Å². The van der Waals surface area contributed by atoms with Crippen LogP contribution in [0.3, 0.4) is 0 Å². The average Bonchev–Trinajstić information content (AvgIpc) is 2.43. The van der Waals surface area contributed by atoms with Crippen molar-refractivity contribution in [2.24, 2.45) is 0 Å². The molecule has 0 saturated heterocycles. The van der Waals surface area contributed by atoms with Gasteiger partial charge in [0.1, 0.15) is 5.82 Å². The molecule has 0 aliphatic carbocycles. The number of aromatic nitrogens is 2. The third kappa shape index (κ3) is 2.55. The van der Waals surface area contributed by atoms with Crippen LogP contribution in [0.1, 0.15) is 11.4 Å². The van der Waals surface area contributed by atoms with Gasteiger partial charge in [0.15, 0.2) is 0 Å². The van der Waals surface area contributed by atoms with Crippen LogP contribution in [0, 0.1) is 13.8 Å². The number of nitrogens with zero attached hydrogens (tertiary/aromatic N) is 2. The van der Waals surface area contributed by atoms with Crippen LogP contribution in [0.15, 0.2) is 47.3 Å². The van der Waals surface area contributed by atoms with Gasteiger partial charge in [-0.15, -0.1) is 12.4 Å². The Bertz CT molecular complexity index is 872. The van der Waals surface area contributed by atoms with Gasteiger partial charge in [-0.05, 0) is 43.7 Å². The monoisotopic (exact) mass is 320 g/mol. The summed E-state index contributed by atoms with van der Waals surface area (Å²) >= 11 is 6.15. The van der Waals surface area contributed by atoms with E-state index in [1.807, 2.05) is 50.2 Å². The Morgan fingerprint density at radius 2 is 1.76 bits per heavy atom. The molecule has 2 aromatic carbocycles. The predicted molar refractivity (Wildman–Crippen MR) is 89.1 cm³/mol. The standard InChI is InChI=1S/C16H13ClN2O.ClH/c1-10-13(17)7-5-9-15(10)19-11(2)18-14-8-4-3-6-12(14)16(19)20;/h3-9H,1-2H3;1H. The van der Waals surface area contributed by atoms with Crippen LogP contribution in [0.2, 0.25) is 5.02 Å². The zero-order chi connectivity index (χ0) is 14.3. The molecule has 0 aliphatic heterocycles. The number of hydrogen-bond donors (Lipinski definition) is 0. The number of fused-ring (bicyclic) bond motifs is 1. The van der Waals surface area contributed by atoms with Gasteiger partial charge in [0.05, 0.1) is 16.6 Å². The molecule has 0 fully saturated rings. The molecular weight excluding hydrogens is 307 g/mol. The fourth-order valence-corrected chi connectivity index (χ4v) is 2.54. The lowest BCUT2D eigenvalue weighted by molar-refractivity contribution is 0.888. The Kier molecular flexibility index (Phi) is 4.35. The molecule has 3 rings (SSSR count). The first-order valence-electron chi connectivity index (χ1n) is 6.33. The molecule has 0 radical (unpaired) electrons. The van der Waals surface area contributed by atoms with Crippen molar-refractivity contribution in [1.29, 1.82) is 0 Å². The first kappa shape index (κ1) is 15.5. The van der Waals surface area contributed by atoms with Gasteiger partial charge in [-0.2, -0.15) is 0 Å².